The molecule has 3 aliphatic rings. The fourth-order valence-electron chi connectivity index (χ4n) is 4.21. The first-order valence-electron chi connectivity index (χ1n) is 11.9. The number of benzene rings is 2. The molecule has 2 aromatic rings. The quantitative estimate of drug-likeness (QED) is 0.492. The summed E-state index contributed by atoms with van der Waals surface area (Å²) in [4.78, 5) is 24.4. The van der Waals surface area contributed by atoms with Gasteiger partial charge in [-0.2, -0.15) is 0 Å². The largest absolute Gasteiger partial charge is 0.457 e. The maximum atomic E-state index is 6.38. The zero-order chi connectivity index (χ0) is 24.9. The molecule has 5 rings (SSSR count). The van der Waals surface area contributed by atoms with Crippen LogP contribution < -0.4 is 15.2 Å². The van der Waals surface area contributed by atoms with Crippen molar-refractivity contribution in [2.75, 3.05) is 10.5 Å². The van der Waals surface area contributed by atoms with E-state index in [4.69, 9.17) is 24.1 Å². The smallest absolute Gasteiger partial charge is 0.133 e. The van der Waals surface area contributed by atoms with Crippen LogP contribution >= 0.6 is 0 Å². The van der Waals surface area contributed by atoms with Gasteiger partial charge in [0.05, 0.1) is 11.4 Å². The van der Waals surface area contributed by atoms with E-state index in [0.29, 0.717) is 0 Å². The molecule has 0 aliphatic carbocycles. The summed E-state index contributed by atoms with van der Waals surface area (Å²) in [6.45, 7) is 20.6. The highest BCUT2D eigenvalue weighted by Crippen LogP contribution is 2.51. The van der Waals surface area contributed by atoms with Crippen LogP contribution in [0.5, 0.6) is 11.5 Å². The van der Waals surface area contributed by atoms with Gasteiger partial charge in [-0.05, 0) is 79.7 Å². The lowest BCUT2D eigenvalue weighted by molar-refractivity contribution is -0.0279. The van der Waals surface area contributed by atoms with E-state index in [1.54, 1.807) is 0 Å². The molecule has 0 unspecified atom stereocenters. The van der Waals surface area contributed by atoms with E-state index in [1.165, 1.54) is 10.5 Å². The maximum Gasteiger partial charge on any atom is 0.133 e. The number of anilines is 2. The van der Waals surface area contributed by atoms with Crippen molar-refractivity contribution >= 4 is 11.4 Å². The minimum Gasteiger partial charge on any atom is -0.457 e. The van der Waals surface area contributed by atoms with Crippen molar-refractivity contribution in [3.05, 3.63) is 47.5 Å². The average Bonchev–Trinajstić information content (AvgIpc) is 3.07. The first kappa shape index (κ1) is 23.4. The number of nitrogens with zero attached hydrogens (tertiary/aromatic N) is 2. The summed E-state index contributed by atoms with van der Waals surface area (Å²) >= 11 is 0. The molecule has 3 aliphatic heterocycles. The Morgan fingerprint density at radius 2 is 0.941 bits per heavy atom. The molecule has 0 saturated carbocycles. The van der Waals surface area contributed by atoms with Gasteiger partial charge in [0, 0.05) is 22.6 Å². The van der Waals surface area contributed by atoms with Gasteiger partial charge in [0.15, 0.2) is 0 Å². The standard InChI is InChI=1S/C27H36N2O5/c1-23(2)19-13-11-18(29-33-26(7,8)27(9,10)34-29)16-22(19)30-21-14-12-17(15-20(21)23)28-31-24(3,4)25(5,6)32-28/h11-16H,1-10H3. The van der Waals surface area contributed by atoms with Gasteiger partial charge in [0.2, 0.25) is 0 Å². The Morgan fingerprint density at radius 3 is 1.44 bits per heavy atom. The van der Waals surface area contributed by atoms with Crippen LogP contribution in [0.4, 0.5) is 11.4 Å². The van der Waals surface area contributed by atoms with Gasteiger partial charge in [0.25, 0.3) is 0 Å². The van der Waals surface area contributed by atoms with Crippen LogP contribution in [0, 0.1) is 0 Å². The van der Waals surface area contributed by atoms with Crippen molar-refractivity contribution in [3.8, 4) is 11.5 Å². The minimum atomic E-state index is -0.463. The molecule has 0 atom stereocenters. The van der Waals surface area contributed by atoms with Crippen LogP contribution in [-0.4, -0.2) is 22.4 Å². The van der Waals surface area contributed by atoms with Gasteiger partial charge in [-0.15, -0.1) is 10.5 Å². The van der Waals surface area contributed by atoms with Crippen molar-refractivity contribution in [2.45, 2.75) is 97.1 Å². The van der Waals surface area contributed by atoms with Gasteiger partial charge in [-0.25, -0.2) is 19.4 Å². The highest BCUT2D eigenvalue weighted by molar-refractivity contribution is 5.64. The van der Waals surface area contributed by atoms with Gasteiger partial charge < -0.3 is 4.74 Å². The predicted octanol–water partition coefficient (Wildman–Crippen LogP) is 6.60. The number of hydrogen-bond acceptors (Lipinski definition) is 7. The van der Waals surface area contributed by atoms with Crippen LogP contribution in [0.3, 0.4) is 0 Å². The summed E-state index contributed by atoms with van der Waals surface area (Å²) in [5.74, 6) is 1.59. The van der Waals surface area contributed by atoms with E-state index < -0.39 is 22.4 Å². The molecule has 7 nitrogen and oxygen atoms in total. The average molecular weight is 469 g/mol. The molecule has 0 N–H and O–H groups in total. The zero-order valence-electron chi connectivity index (χ0n) is 21.9. The lowest BCUT2D eigenvalue weighted by Crippen LogP contribution is -2.41. The molecule has 0 bridgehead atoms. The Morgan fingerprint density at radius 1 is 0.500 bits per heavy atom. The van der Waals surface area contributed by atoms with E-state index in [2.05, 4.69) is 26.0 Å². The Bertz CT molecular complexity index is 1120. The Balaban J connectivity index is 1.47. The SMILES string of the molecule is CC1(C)c2ccc(N3OC(C)(C)C(C)(C)O3)cc2Oc2ccc(N3OC(C)(C)C(C)(C)O3)cc21. The molecule has 2 aromatic carbocycles. The molecule has 184 valence electrons. The molecule has 34 heavy (non-hydrogen) atoms. The number of hydrogen-bond donors (Lipinski definition) is 0. The molecular formula is C27H36N2O5. The number of ether oxygens (including phenoxy) is 1. The van der Waals surface area contributed by atoms with E-state index in [-0.39, 0.29) is 5.41 Å². The Labute approximate surface area is 202 Å². The third kappa shape index (κ3) is 3.33. The maximum absolute atomic E-state index is 6.38. The molecule has 2 saturated heterocycles. The van der Waals surface area contributed by atoms with E-state index in [9.17, 15) is 0 Å². The summed E-state index contributed by atoms with van der Waals surface area (Å²) in [6.07, 6.45) is 0. The molecule has 0 amide bonds. The first-order valence-corrected chi connectivity index (χ1v) is 11.9. The number of rotatable bonds is 2. The van der Waals surface area contributed by atoms with Crippen molar-refractivity contribution < 1.29 is 24.1 Å². The Kier molecular flexibility index (Phi) is 4.74. The monoisotopic (exact) mass is 468 g/mol. The second-order valence-corrected chi connectivity index (χ2v) is 12.0. The third-order valence-corrected chi connectivity index (χ3v) is 8.06. The van der Waals surface area contributed by atoms with Crippen molar-refractivity contribution in [1.29, 1.82) is 0 Å². The lowest BCUT2D eigenvalue weighted by atomic mass is 9.75. The van der Waals surface area contributed by atoms with Crippen LogP contribution in [0.1, 0.15) is 80.4 Å². The Hall–Kier alpha value is -2.32. The molecule has 0 radical (unpaired) electrons. The fourth-order valence-corrected chi connectivity index (χ4v) is 4.21. The summed E-state index contributed by atoms with van der Waals surface area (Å²) in [6, 6.07) is 12.1. The molecule has 0 aromatic heterocycles. The molecule has 3 heterocycles. The molecule has 7 heteroatoms. The van der Waals surface area contributed by atoms with Crippen LogP contribution in [0.2, 0.25) is 0 Å². The van der Waals surface area contributed by atoms with Gasteiger partial charge in [-0.1, -0.05) is 19.9 Å². The van der Waals surface area contributed by atoms with Crippen LogP contribution in [-0.2, 0) is 24.8 Å². The van der Waals surface area contributed by atoms with Gasteiger partial charge >= 0.3 is 0 Å². The summed E-state index contributed by atoms with van der Waals surface area (Å²) in [5.41, 5.74) is 1.63. The van der Waals surface area contributed by atoms with E-state index in [0.717, 1.165) is 34.0 Å². The molecule has 0 spiro atoms. The first-order chi connectivity index (χ1) is 15.5. The van der Waals surface area contributed by atoms with E-state index in [1.807, 2.05) is 79.7 Å². The highest BCUT2D eigenvalue weighted by Gasteiger charge is 2.51. The number of fused-ring (bicyclic) bond motifs is 2. The predicted molar refractivity (Wildman–Crippen MR) is 131 cm³/mol. The van der Waals surface area contributed by atoms with Crippen molar-refractivity contribution in [3.63, 3.8) is 0 Å². The molecule has 2 fully saturated rings. The van der Waals surface area contributed by atoms with Crippen molar-refractivity contribution in [1.82, 2.24) is 0 Å². The minimum absolute atomic E-state index is 0.298. The third-order valence-electron chi connectivity index (χ3n) is 8.06. The molecular weight excluding hydrogens is 432 g/mol. The highest BCUT2D eigenvalue weighted by atomic mass is 17.0. The summed E-state index contributed by atoms with van der Waals surface area (Å²) in [7, 11) is 0. The van der Waals surface area contributed by atoms with Crippen molar-refractivity contribution in [2.24, 2.45) is 0 Å². The summed E-state index contributed by atoms with van der Waals surface area (Å²) < 4.78 is 6.38. The van der Waals surface area contributed by atoms with Crippen LogP contribution in [0.15, 0.2) is 36.4 Å². The van der Waals surface area contributed by atoms with Gasteiger partial charge in [0.1, 0.15) is 33.9 Å². The topological polar surface area (TPSA) is 52.6 Å². The fraction of sp³-hybridized carbons (Fsp3) is 0.556. The lowest BCUT2D eigenvalue weighted by Gasteiger charge is -2.35. The van der Waals surface area contributed by atoms with Gasteiger partial charge in [-0.3, -0.25) is 0 Å². The zero-order valence-corrected chi connectivity index (χ0v) is 21.9. The van der Waals surface area contributed by atoms with Crippen LogP contribution in [0.25, 0.3) is 0 Å². The summed E-state index contributed by atoms with van der Waals surface area (Å²) in [5, 5.41) is 3.03. The normalized spacial score (nSPS) is 25.0. The van der Waals surface area contributed by atoms with E-state index >= 15 is 0 Å². The second kappa shape index (κ2) is 6.88. The second-order valence-electron chi connectivity index (χ2n) is 12.0.